The molecule has 0 spiro atoms. The molecule has 3 nitrogen and oxygen atoms in total. The van der Waals surface area contributed by atoms with Gasteiger partial charge in [0.2, 0.25) is 0 Å². The van der Waals surface area contributed by atoms with Gasteiger partial charge in [0.25, 0.3) is 0 Å². The van der Waals surface area contributed by atoms with Gasteiger partial charge in [0, 0.05) is 18.3 Å². The first kappa shape index (κ1) is 11.5. The summed E-state index contributed by atoms with van der Waals surface area (Å²) in [5, 5.41) is 3.18. The minimum atomic E-state index is 0.941. The molecule has 94 valence electrons. The average molecular weight is 249 g/mol. The summed E-state index contributed by atoms with van der Waals surface area (Å²) in [6.07, 6.45) is 1.86. The first-order valence-corrected chi connectivity index (χ1v) is 6.26. The summed E-state index contributed by atoms with van der Waals surface area (Å²) >= 11 is 0. The van der Waals surface area contributed by atoms with E-state index in [1.54, 1.807) is 0 Å². The van der Waals surface area contributed by atoms with Crippen molar-refractivity contribution in [3.63, 3.8) is 0 Å². The first-order valence-electron chi connectivity index (χ1n) is 6.26. The fourth-order valence-corrected chi connectivity index (χ4v) is 2.16. The van der Waals surface area contributed by atoms with Crippen LogP contribution in [0.5, 0.6) is 0 Å². The van der Waals surface area contributed by atoms with Crippen LogP contribution in [-0.4, -0.2) is 16.6 Å². The second-order valence-corrected chi connectivity index (χ2v) is 4.25. The molecule has 1 N–H and O–H groups in total. The largest absolute Gasteiger partial charge is 0.373 e. The van der Waals surface area contributed by atoms with E-state index >= 15 is 0 Å². The zero-order chi connectivity index (χ0) is 13.1. The second-order valence-electron chi connectivity index (χ2n) is 4.25. The van der Waals surface area contributed by atoms with Crippen molar-refractivity contribution >= 4 is 5.82 Å². The molecule has 0 aliphatic carbocycles. The van der Waals surface area contributed by atoms with E-state index in [2.05, 4.69) is 39.1 Å². The van der Waals surface area contributed by atoms with E-state index in [0.717, 1.165) is 22.9 Å². The van der Waals surface area contributed by atoms with Gasteiger partial charge in [0.05, 0.1) is 6.20 Å². The number of anilines is 1. The smallest absolute Gasteiger partial charge is 0.146 e. The minimum Gasteiger partial charge on any atom is -0.373 e. The van der Waals surface area contributed by atoms with Gasteiger partial charge in [0.15, 0.2) is 0 Å². The summed E-state index contributed by atoms with van der Waals surface area (Å²) in [5.74, 6) is 1.92. The molecule has 0 atom stereocenters. The number of nitrogens with one attached hydrogen (secondary N) is 1. The van der Waals surface area contributed by atoms with Gasteiger partial charge in [-0.3, -0.25) is 4.57 Å². The molecule has 3 heteroatoms. The second kappa shape index (κ2) is 4.98. The van der Waals surface area contributed by atoms with E-state index in [-0.39, 0.29) is 0 Å². The van der Waals surface area contributed by atoms with Gasteiger partial charge >= 0.3 is 0 Å². The van der Waals surface area contributed by atoms with E-state index in [1.165, 1.54) is 0 Å². The number of imidazole rings is 1. The quantitative estimate of drug-likeness (QED) is 0.769. The van der Waals surface area contributed by atoms with Crippen molar-refractivity contribution in [1.82, 2.24) is 9.55 Å². The molecular formula is C16H15N3. The average Bonchev–Trinajstić information content (AvgIpc) is 2.93. The third kappa shape index (κ3) is 2.10. The highest BCUT2D eigenvalue weighted by molar-refractivity contribution is 5.63. The molecule has 1 aromatic heterocycles. The number of nitrogens with zero attached hydrogens (tertiary/aromatic N) is 2. The van der Waals surface area contributed by atoms with Crippen LogP contribution in [0.1, 0.15) is 0 Å². The Morgan fingerprint density at radius 2 is 1.53 bits per heavy atom. The van der Waals surface area contributed by atoms with Crippen LogP contribution in [0.25, 0.3) is 17.1 Å². The van der Waals surface area contributed by atoms with Crippen LogP contribution in [0, 0.1) is 0 Å². The summed E-state index contributed by atoms with van der Waals surface area (Å²) < 4.78 is 2.12. The fraction of sp³-hybridized carbons (Fsp3) is 0.0625. The van der Waals surface area contributed by atoms with Gasteiger partial charge in [-0.25, -0.2) is 4.98 Å². The zero-order valence-corrected chi connectivity index (χ0v) is 10.7. The lowest BCUT2D eigenvalue weighted by molar-refractivity contribution is 1.07. The SMILES string of the molecule is CNc1cnc(-c2ccccc2)n1-c1ccccc1. The van der Waals surface area contributed by atoms with Crippen LogP contribution in [0.3, 0.4) is 0 Å². The third-order valence-corrected chi connectivity index (χ3v) is 3.06. The highest BCUT2D eigenvalue weighted by atomic mass is 15.2. The van der Waals surface area contributed by atoms with Crippen LogP contribution < -0.4 is 5.32 Å². The molecule has 0 fully saturated rings. The van der Waals surface area contributed by atoms with E-state index in [0.29, 0.717) is 0 Å². The Kier molecular flexibility index (Phi) is 3.02. The van der Waals surface area contributed by atoms with Crippen molar-refractivity contribution in [2.75, 3.05) is 12.4 Å². The summed E-state index contributed by atoms with van der Waals surface area (Å²) in [4.78, 5) is 4.53. The maximum Gasteiger partial charge on any atom is 0.146 e. The molecule has 0 bridgehead atoms. The Bertz CT molecular complexity index is 657. The lowest BCUT2D eigenvalue weighted by atomic mass is 10.2. The van der Waals surface area contributed by atoms with Gasteiger partial charge in [0.1, 0.15) is 11.6 Å². The Morgan fingerprint density at radius 3 is 2.16 bits per heavy atom. The molecule has 0 amide bonds. The lowest BCUT2D eigenvalue weighted by Gasteiger charge is -2.11. The van der Waals surface area contributed by atoms with E-state index < -0.39 is 0 Å². The zero-order valence-electron chi connectivity index (χ0n) is 10.7. The maximum absolute atomic E-state index is 4.53. The van der Waals surface area contributed by atoms with Gasteiger partial charge in [-0.2, -0.15) is 0 Å². The molecule has 2 aromatic carbocycles. The van der Waals surface area contributed by atoms with Crippen LogP contribution in [0.4, 0.5) is 5.82 Å². The first-order chi connectivity index (χ1) is 9.40. The van der Waals surface area contributed by atoms with E-state index in [9.17, 15) is 0 Å². The highest BCUT2D eigenvalue weighted by Crippen LogP contribution is 2.26. The predicted octanol–water partition coefficient (Wildman–Crippen LogP) is 3.58. The predicted molar refractivity (Wildman–Crippen MR) is 78.5 cm³/mol. The van der Waals surface area contributed by atoms with Crippen LogP contribution in [0.15, 0.2) is 66.9 Å². The number of para-hydroxylation sites is 1. The molecular weight excluding hydrogens is 234 g/mol. The molecule has 0 radical (unpaired) electrons. The van der Waals surface area contributed by atoms with Gasteiger partial charge in [-0.15, -0.1) is 0 Å². The molecule has 0 aliphatic rings. The summed E-state index contributed by atoms with van der Waals surface area (Å²) in [7, 11) is 1.91. The molecule has 0 saturated heterocycles. The topological polar surface area (TPSA) is 29.9 Å². The summed E-state index contributed by atoms with van der Waals surface area (Å²) in [6.45, 7) is 0. The molecule has 1 heterocycles. The molecule has 0 unspecified atom stereocenters. The van der Waals surface area contributed by atoms with Crippen molar-refractivity contribution in [2.24, 2.45) is 0 Å². The van der Waals surface area contributed by atoms with Gasteiger partial charge < -0.3 is 5.32 Å². The Morgan fingerprint density at radius 1 is 0.895 bits per heavy atom. The Hall–Kier alpha value is -2.55. The standard InChI is InChI=1S/C16H15N3/c1-17-15-12-18-16(13-8-4-2-5-9-13)19(15)14-10-6-3-7-11-14/h2-12,17H,1H3. The van der Waals surface area contributed by atoms with E-state index in [1.807, 2.05) is 49.6 Å². The Balaban J connectivity index is 2.20. The molecule has 3 aromatic rings. The van der Waals surface area contributed by atoms with Crippen molar-refractivity contribution in [3.05, 3.63) is 66.9 Å². The number of benzene rings is 2. The molecule has 0 saturated carbocycles. The molecule has 19 heavy (non-hydrogen) atoms. The normalized spacial score (nSPS) is 10.4. The lowest BCUT2D eigenvalue weighted by Crippen LogP contribution is -2.02. The summed E-state index contributed by atoms with van der Waals surface area (Å²) in [5.41, 5.74) is 2.20. The summed E-state index contributed by atoms with van der Waals surface area (Å²) in [6, 6.07) is 20.4. The highest BCUT2D eigenvalue weighted by Gasteiger charge is 2.11. The van der Waals surface area contributed by atoms with Crippen molar-refractivity contribution in [1.29, 1.82) is 0 Å². The molecule has 3 rings (SSSR count). The number of rotatable bonds is 3. The van der Waals surface area contributed by atoms with E-state index in [4.69, 9.17) is 0 Å². The number of hydrogen-bond donors (Lipinski definition) is 1. The van der Waals surface area contributed by atoms with Crippen LogP contribution in [0.2, 0.25) is 0 Å². The van der Waals surface area contributed by atoms with Crippen LogP contribution >= 0.6 is 0 Å². The Labute approximate surface area is 112 Å². The van der Waals surface area contributed by atoms with Crippen molar-refractivity contribution in [3.8, 4) is 17.1 Å². The third-order valence-electron chi connectivity index (χ3n) is 3.06. The van der Waals surface area contributed by atoms with Crippen molar-refractivity contribution < 1.29 is 0 Å². The monoisotopic (exact) mass is 249 g/mol. The maximum atomic E-state index is 4.53. The molecule has 0 aliphatic heterocycles. The number of hydrogen-bond acceptors (Lipinski definition) is 2. The minimum absolute atomic E-state index is 0.941. The fourth-order valence-electron chi connectivity index (χ4n) is 2.16. The number of aromatic nitrogens is 2. The van der Waals surface area contributed by atoms with Crippen molar-refractivity contribution in [2.45, 2.75) is 0 Å². The van der Waals surface area contributed by atoms with Gasteiger partial charge in [-0.1, -0.05) is 48.5 Å². The van der Waals surface area contributed by atoms with Gasteiger partial charge in [-0.05, 0) is 12.1 Å². The van der Waals surface area contributed by atoms with Crippen LogP contribution in [-0.2, 0) is 0 Å².